The number of amides is 2. The van der Waals surface area contributed by atoms with Gasteiger partial charge in [0, 0.05) is 0 Å². The fourth-order valence-electron chi connectivity index (χ4n) is 1.15. The molecule has 4 N–H and O–H groups in total. The quantitative estimate of drug-likeness (QED) is 0.519. The molecule has 10 nitrogen and oxygen atoms in total. The van der Waals surface area contributed by atoms with E-state index in [9.17, 15) is 14.4 Å². The van der Waals surface area contributed by atoms with Crippen LogP contribution in [0.5, 0.6) is 0 Å². The molecule has 0 aromatic carbocycles. The standard InChI is InChI=1S/C9H12N4O6/c1-4-11-6(19-13-4)3-10-9(18)12-5(8(16)17)2-7(14)15/h5H,2-3H2,1H3,(H,14,15)(H,16,17)(H2,10,12,18). The number of nitrogens with zero attached hydrogens (tertiary/aromatic N) is 2. The lowest BCUT2D eigenvalue weighted by atomic mass is 10.2. The Morgan fingerprint density at radius 2 is 2.05 bits per heavy atom. The number of urea groups is 1. The van der Waals surface area contributed by atoms with Crippen molar-refractivity contribution in [1.82, 2.24) is 20.8 Å². The summed E-state index contributed by atoms with van der Waals surface area (Å²) in [6.07, 6.45) is -0.720. The van der Waals surface area contributed by atoms with Crippen LogP contribution in [0, 0.1) is 6.92 Å². The minimum atomic E-state index is -1.51. The molecule has 1 aromatic heterocycles. The fraction of sp³-hybridized carbons (Fsp3) is 0.444. The van der Waals surface area contributed by atoms with E-state index in [1.807, 2.05) is 5.32 Å². The molecule has 1 rings (SSSR count). The number of carbonyl (C=O) groups is 3. The molecule has 19 heavy (non-hydrogen) atoms. The van der Waals surface area contributed by atoms with Crippen molar-refractivity contribution in [2.45, 2.75) is 25.9 Å². The highest BCUT2D eigenvalue weighted by Gasteiger charge is 2.22. The highest BCUT2D eigenvalue weighted by atomic mass is 16.5. The van der Waals surface area contributed by atoms with Gasteiger partial charge in [-0.3, -0.25) is 4.79 Å². The fourth-order valence-corrected chi connectivity index (χ4v) is 1.15. The molecule has 0 aliphatic carbocycles. The van der Waals surface area contributed by atoms with E-state index in [0.717, 1.165) is 0 Å². The van der Waals surface area contributed by atoms with Crippen LogP contribution in [0.3, 0.4) is 0 Å². The summed E-state index contributed by atoms with van der Waals surface area (Å²) < 4.78 is 4.72. The van der Waals surface area contributed by atoms with Crippen LogP contribution in [-0.4, -0.2) is 44.4 Å². The normalized spacial score (nSPS) is 11.6. The number of nitrogens with one attached hydrogen (secondary N) is 2. The molecular formula is C9H12N4O6. The summed E-state index contributed by atoms with van der Waals surface area (Å²) in [6.45, 7) is 1.51. The molecule has 1 heterocycles. The first-order valence-corrected chi connectivity index (χ1v) is 5.16. The van der Waals surface area contributed by atoms with Gasteiger partial charge in [-0.25, -0.2) is 9.59 Å². The molecule has 1 atom stereocenters. The second-order valence-electron chi connectivity index (χ2n) is 3.55. The van der Waals surface area contributed by atoms with Crippen LogP contribution in [0.4, 0.5) is 4.79 Å². The number of hydrogen-bond donors (Lipinski definition) is 4. The van der Waals surface area contributed by atoms with Crippen LogP contribution in [-0.2, 0) is 16.1 Å². The maximum absolute atomic E-state index is 11.4. The molecule has 0 radical (unpaired) electrons. The van der Waals surface area contributed by atoms with Crippen molar-refractivity contribution in [2.75, 3.05) is 0 Å². The topological polar surface area (TPSA) is 155 Å². The minimum Gasteiger partial charge on any atom is -0.481 e. The lowest BCUT2D eigenvalue weighted by Crippen LogP contribution is -2.46. The minimum absolute atomic E-state index is 0.0912. The molecule has 1 aromatic rings. The third kappa shape index (κ3) is 5.02. The van der Waals surface area contributed by atoms with Gasteiger partial charge in [-0.05, 0) is 6.92 Å². The van der Waals surface area contributed by atoms with Crippen LogP contribution in [0.25, 0.3) is 0 Å². The SMILES string of the molecule is Cc1noc(CNC(=O)NC(CC(=O)O)C(=O)O)n1. The Hall–Kier alpha value is -2.65. The maximum Gasteiger partial charge on any atom is 0.326 e. The Kier molecular flexibility index (Phi) is 4.80. The van der Waals surface area contributed by atoms with Gasteiger partial charge < -0.3 is 25.4 Å². The Balaban J connectivity index is 2.44. The second-order valence-corrected chi connectivity index (χ2v) is 3.55. The molecule has 10 heteroatoms. The van der Waals surface area contributed by atoms with Crippen molar-refractivity contribution >= 4 is 18.0 Å². The van der Waals surface area contributed by atoms with E-state index >= 15 is 0 Å². The van der Waals surface area contributed by atoms with Crippen molar-refractivity contribution in [3.8, 4) is 0 Å². The zero-order chi connectivity index (χ0) is 14.4. The Morgan fingerprint density at radius 1 is 1.37 bits per heavy atom. The van der Waals surface area contributed by atoms with E-state index in [-0.39, 0.29) is 12.4 Å². The monoisotopic (exact) mass is 272 g/mol. The second kappa shape index (κ2) is 6.33. The van der Waals surface area contributed by atoms with Gasteiger partial charge in [0.25, 0.3) is 0 Å². The first-order chi connectivity index (χ1) is 8.88. The third-order valence-corrected chi connectivity index (χ3v) is 1.95. The lowest BCUT2D eigenvalue weighted by Gasteiger charge is -2.12. The average molecular weight is 272 g/mol. The van der Waals surface area contributed by atoms with E-state index in [4.69, 9.17) is 14.7 Å². The zero-order valence-electron chi connectivity index (χ0n) is 9.91. The summed E-state index contributed by atoms with van der Waals surface area (Å²) in [4.78, 5) is 36.3. The number of carboxylic acid groups (broad SMARTS) is 2. The number of carboxylic acids is 2. The van der Waals surface area contributed by atoms with Gasteiger partial charge in [0.05, 0.1) is 13.0 Å². The molecule has 0 aliphatic rings. The highest BCUT2D eigenvalue weighted by molar-refractivity contribution is 5.86. The molecule has 104 valence electrons. The van der Waals surface area contributed by atoms with Crippen LogP contribution in [0.15, 0.2) is 4.52 Å². The molecule has 2 amide bonds. The van der Waals surface area contributed by atoms with Gasteiger partial charge in [-0.2, -0.15) is 4.98 Å². The Bertz CT molecular complexity index is 485. The molecule has 0 saturated heterocycles. The summed E-state index contributed by atoms with van der Waals surface area (Å²) in [6, 6.07) is -2.36. The predicted molar refractivity (Wildman–Crippen MR) is 58.1 cm³/mol. The van der Waals surface area contributed by atoms with Crippen molar-refractivity contribution < 1.29 is 29.1 Å². The van der Waals surface area contributed by atoms with Crippen LogP contribution in [0.2, 0.25) is 0 Å². The average Bonchev–Trinajstić information content (AvgIpc) is 2.71. The van der Waals surface area contributed by atoms with Gasteiger partial charge in [-0.1, -0.05) is 5.16 Å². The molecule has 0 aliphatic heterocycles. The number of aromatic nitrogens is 2. The van der Waals surface area contributed by atoms with Gasteiger partial charge in [0.2, 0.25) is 5.89 Å². The van der Waals surface area contributed by atoms with Gasteiger partial charge in [0.1, 0.15) is 6.04 Å². The molecule has 1 unspecified atom stereocenters. The van der Waals surface area contributed by atoms with E-state index in [2.05, 4.69) is 15.5 Å². The zero-order valence-corrected chi connectivity index (χ0v) is 9.91. The lowest BCUT2D eigenvalue weighted by molar-refractivity contribution is -0.145. The summed E-state index contributed by atoms with van der Waals surface area (Å²) >= 11 is 0. The first kappa shape index (κ1) is 14.4. The van der Waals surface area contributed by atoms with E-state index in [0.29, 0.717) is 5.82 Å². The van der Waals surface area contributed by atoms with Crippen molar-refractivity contribution in [3.05, 3.63) is 11.7 Å². The molecular weight excluding hydrogens is 260 g/mol. The summed E-state index contributed by atoms with van der Waals surface area (Å²) in [5.74, 6) is -2.23. The van der Waals surface area contributed by atoms with Gasteiger partial charge >= 0.3 is 18.0 Å². The third-order valence-electron chi connectivity index (χ3n) is 1.95. The van der Waals surface area contributed by atoms with Crippen molar-refractivity contribution in [3.63, 3.8) is 0 Å². The van der Waals surface area contributed by atoms with Crippen LogP contribution in [0.1, 0.15) is 18.1 Å². The molecule has 0 bridgehead atoms. The Morgan fingerprint density at radius 3 is 2.53 bits per heavy atom. The van der Waals surface area contributed by atoms with E-state index in [1.165, 1.54) is 0 Å². The Labute approximate surface area is 106 Å². The van der Waals surface area contributed by atoms with Crippen molar-refractivity contribution in [1.29, 1.82) is 0 Å². The summed E-state index contributed by atoms with van der Waals surface area (Å²) in [5.41, 5.74) is 0. The number of carbonyl (C=O) groups excluding carboxylic acids is 1. The number of aryl methyl sites for hydroxylation is 1. The van der Waals surface area contributed by atoms with Gasteiger partial charge in [-0.15, -0.1) is 0 Å². The van der Waals surface area contributed by atoms with Gasteiger partial charge in [0.15, 0.2) is 5.82 Å². The smallest absolute Gasteiger partial charge is 0.326 e. The number of hydrogen-bond acceptors (Lipinski definition) is 6. The highest BCUT2D eigenvalue weighted by Crippen LogP contribution is 1.96. The molecule has 0 spiro atoms. The number of aliphatic carboxylic acids is 2. The first-order valence-electron chi connectivity index (χ1n) is 5.16. The van der Waals surface area contributed by atoms with Crippen LogP contribution < -0.4 is 10.6 Å². The van der Waals surface area contributed by atoms with E-state index < -0.39 is 30.4 Å². The predicted octanol–water partition coefficient (Wildman–Crippen LogP) is -0.895. The molecule has 0 saturated carbocycles. The van der Waals surface area contributed by atoms with Crippen molar-refractivity contribution in [2.24, 2.45) is 0 Å². The maximum atomic E-state index is 11.4. The summed E-state index contributed by atoms with van der Waals surface area (Å²) in [7, 11) is 0. The van der Waals surface area contributed by atoms with E-state index in [1.54, 1.807) is 6.92 Å². The van der Waals surface area contributed by atoms with Crippen LogP contribution >= 0.6 is 0 Å². The summed E-state index contributed by atoms with van der Waals surface area (Å²) in [5, 5.41) is 25.0. The largest absolute Gasteiger partial charge is 0.481 e. The molecule has 0 fully saturated rings. The number of rotatable bonds is 6.